The molecule has 5 atom stereocenters. The Hall–Kier alpha value is -1.94. The van der Waals surface area contributed by atoms with Gasteiger partial charge in [-0.3, -0.25) is 37.3 Å². The summed E-state index contributed by atoms with van der Waals surface area (Å²) in [7, 11) is -9.92. The molecule has 600 valence electrons. The molecular formula is C82H160O17P2. The van der Waals surface area contributed by atoms with Crippen molar-refractivity contribution in [2.75, 3.05) is 39.6 Å². The lowest BCUT2D eigenvalue weighted by Gasteiger charge is -2.21. The summed E-state index contributed by atoms with van der Waals surface area (Å²) in [6.07, 6.45) is 58.2. The van der Waals surface area contributed by atoms with E-state index in [0.29, 0.717) is 25.7 Å². The number of carbonyl (C=O) groups is 4. The van der Waals surface area contributed by atoms with Crippen LogP contribution in [0.5, 0.6) is 0 Å². The summed E-state index contributed by atoms with van der Waals surface area (Å²) in [4.78, 5) is 73.1. The van der Waals surface area contributed by atoms with Crippen molar-refractivity contribution in [2.24, 2.45) is 23.7 Å². The smallest absolute Gasteiger partial charge is 0.462 e. The van der Waals surface area contributed by atoms with Crippen LogP contribution < -0.4 is 0 Å². The quantitative estimate of drug-likeness (QED) is 0.0222. The molecule has 19 heteroatoms. The summed E-state index contributed by atoms with van der Waals surface area (Å²) in [5, 5.41) is 10.7. The second-order valence-corrected chi connectivity index (χ2v) is 34.3. The lowest BCUT2D eigenvalue weighted by molar-refractivity contribution is -0.161. The maximum atomic E-state index is 13.1. The van der Waals surface area contributed by atoms with Gasteiger partial charge >= 0.3 is 39.5 Å². The first-order valence-corrected chi connectivity index (χ1v) is 45.2. The molecule has 17 nitrogen and oxygen atoms in total. The van der Waals surface area contributed by atoms with Crippen molar-refractivity contribution in [3.05, 3.63) is 0 Å². The minimum Gasteiger partial charge on any atom is -0.462 e. The molecule has 3 N–H and O–H groups in total. The zero-order chi connectivity index (χ0) is 74.6. The van der Waals surface area contributed by atoms with Crippen LogP contribution >= 0.6 is 15.6 Å². The molecule has 0 fully saturated rings. The molecule has 0 radical (unpaired) electrons. The number of hydrogen-bond acceptors (Lipinski definition) is 15. The lowest BCUT2D eigenvalue weighted by atomic mass is 10.0. The third-order valence-electron chi connectivity index (χ3n) is 19.1. The summed E-state index contributed by atoms with van der Waals surface area (Å²) in [6, 6.07) is 0. The molecule has 0 aliphatic heterocycles. The Labute approximate surface area is 619 Å². The van der Waals surface area contributed by atoms with E-state index in [-0.39, 0.29) is 25.7 Å². The fourth-order valence-corrected chi connectivity index (χ4v) is 14.2. The molecule has 101 heavy (non-hydrogen) atoms. The van der Waals surface area contributed by atoms with Gasteiger partial charge in [-0.05, 0) is 49.4 Å². The first kappa shape index (κ1) is 99.1. The average Bonchev–Trinajstić information content (AvgIpc) is 0.918. The maximum Gasteiger partial charge on any atom is 0.472 e. The fraction of sp³-hybridized carbons (Fsp3) is 0.951. The first-order chi connectivity index (χ1) is 48.6. The highest BCUT2D eigenvalue weighted by Gasteiger charge is 2.30. The number of hydrogen-bond donors (Lipinski definition) is 3. The summed E-state index contributed by atoms with van der Waals surface area (Å²) >= 11 is 0. The second kappa shape index (κ2) is 71.0. The molecule has 0 aliphatic rings. The molecule has 0 heterocycles. The van der Waals surface area contributed by atoms with Crippen molar-refractivity contribution in [1.82, 2.24) is 0 Å². The van der Waals surface area contributed by atoms with Gasteiger partial charge < -0.3 is 33.8 Å². The van der Waals surface area contributed by atoms with Crippen molar-refractivity contribution < 1.29 is 80.2 Å². The number of phosphoric ester groups is 2. The van der Waals surface area contributed by atoms with Gasteiger partial charge in [0.25, 0.3) is 0 Å². The lowest BCUT2D eigenvalue weighted by Crippen LogP contribution is -2.30. The van der Waals surface area contributed by atoms with E-state index in [1.807, 2.05) is 0 Å². The van der Waals surface area contributed by atoms with E-state index >= 15 is 0 Å². The van der Waals surface area contributed by atoms with Gasteiger partial charge in [-0.25, -0.2) is 9.13 Å². The number of esters is 4. The molecule has 0 saturated carbocycles. The summed E-state index contributed by atoms with van der Waals surface area (Å²) in [5.74, 6) is 0.995. The largest absolute Gasteiger partial charge is 0.472 e. The molecular weight excluding hydrogens is 1320 g/mol. The van der Waals surface area contributed by atoms with Crippen molar-refractivity contribution in [1.29, 1.82) is 0 Å². The van der Waals surface area contributed by atoms with Gasteiger partial charge in [0, 0.05) is 25.7 Å². The van der Waals surface area contributed by atoms with Gasteiger partial charge in [0.1, 0.15) is 19.3 Å². The van der Waals surface area contributed by atoms with Gasteiger partial charge in [-0.1, -0.05) is 370 Å². The SMILES string of the molecule is CC(C)CCCCCCCCCCCCCCCCCC(=O)O[C@H](COC(=O)CCCCCCCCCCCCCCCC(C)C)COP(=O)(O)OC[C@@H](O)COP(=O)(O)OC[C@@H](COC(=O)CCCCCCCCCCC(C)C)OC(=O)CCCCCCCCCCCCCCCC(C)C. The number of phosphoric acid groups is 2. The van der Waals surface area contributed by atoms with Gasteiger partial charge in [0.05, 0.1) is 26.4 Å². The number of unbranched alkanes of at least 4 members (excludes halogenated alkanes) is 45. The van der Waals surface area contributed by atoms with E-state index < -0.39 is 97.5 Å². The second-order valence-electron chi connectivity index (χ2n) is 31.4. The monoisotopic (exact) mass is 1480 g/mol. The Morgan fingerprint density at radius 3 is 0.614 bits per heavy atom. The van der Waals surface area contributed by atoms with Crippen molar-refractivity contribution in [3.63, 3.8) is 0 Å². The molecule has 0 amide bonds. The van der Waals surface area contributed by atoms with E-state index in [0.717, 1.165) is 114 Å². The van der Waals surface area contributed by atoms with Crippen LogP contribution in [0.4, 0.5) is 0 Å². The predicted molar refractivity (Wildman–Crippen MR) is 414 cm³/mol. The molecule has 0 saturated heterocycles. The van der Waals surface area contributed by atoms with E-state index in [1.165, 1.54) is 225 Å². The fourth-order valence-electron chi connectivity index (χ4n) is 12.6. The molecule has 0 spiro atoms. The van der Waals surface area contributed by atoms with E-state index in [1.54, 1.807) is 0 Å². The molecule has 0 aromatic heterocycles. The zero-order valence-electron chi connectivity index (χ0n) is 66.5. The molecule has 0 aliphatic carbocycles. The summed E-state index contributed by atoms with van der Waals surface area (Å²) < 4.78 is 68.8. The van der Waals surface area contributed by atoms with Gasteiger partial charge in [-0.2, -0.15) is 0 Å². The Bertz CT molecular complexity index is 1970. The van der Waals surface area contributed by atoms with Crippen LogP contribution in [0, 0.1) is 23.7 Å². The molecule has 0 aromatic rings. The van der Waals surface area contributed by atoms with Crippen molar-refractivity contribution >= 4 is 39.5 Å². The topological polar surface area (TPSA) is 237 Å². The van der Waals surface area contributed by atoms with Crippen LogP contribution in [0.25, 0.3) is 0 Å². The zero-order valence-corrected chi connectivity index (χ0v) is 68.3. The van der Waals surface area contributed by atoms with Crippen LogP contribution in [0.3, 0.4) is 0 Å². The average molecular weight is 1480 g/mol. The van der Waals surface area contributed by atoms with Gasteiger partial charge in [0.2, 0.25) is 0 Å². The predicted octanol–water partition coefficient (Wildman–Crippen LogP) is 24.4. The highest BCUT2D eigenvalue weighted by molar-refractivity contribution is 7.47. The minimum atomic E-state index is -4.96. The normalized spacial score (nSPS) is 14.0. The van der Waals surface area contributed by atoms with Crippen LogP contribution in [-0.4, -0.2) is 96.7 Å². The Kier molecular flexibility index (Phi) is 69.6. The standard InChI is InChI=1S/C82H160O17P2/c1-72(2)58-50-42-34-26-20-14-10-9-11-17-24-30-40-48-56-64-81(86)98-77(68-92-79(84)62-54-46-38-29-23-18-12-15-21-27-35-43-51-59-73(3)4)70-96-100(88,89)94-66-76(83)67-95-101(90,91)97-71-78(69-93-80(85)63-55-47-39-33-32-37-45-53-61-75(7)8)99-82(87)65-57-49-41-31-25-19-13-16-22-28-36-44-52-60-74(5)6/h72-78,83H,9-71H2,1-8H3,(H,88,89)(H,90,91)/t76-,77-,78-/m1/s1. The highest BCUT2D eigenvalue weighted by Crippen LogP contribution is 2.45. The third kappa shape index (κ3) is 76.1. The number of carbonyl (C=O) groups excluding carboxylic acids is 4. The third-order valence-corrected chi connectivity index (χ3v) is 21.0. The number of rotatable bonds is 79. The molecule has 2 unspecified atom stereocenters. The van der Waals surface area contributed by atoms with Gasteiger partial charge in [0.15, 0.2) is 12.2 Å². The molecule has 0 rings (SSSR count). The maximum absolute atomic E-state index is 13.1. The summed E-state index contributed by atoms with van der Waals surface area (Å²) in [5.41, 5.74) is 0. The Morgan fingerprint density at radius 1 is 0.248 bits per heavy atom. The highest BCUT2D eigenvalue weighted by atomic mass is 31.2. The Morgan fingerprint density at radius 2 is 0.416 bits per heavy atom. The first-order valence-electron chi connectivity index (χ1n) is 42.2. The molecule has 0 aromatic carbocycles. The van der Waals surface area contributed by atoms with E-state index in [2.05, 4.69) is 55.4 Å². The van der Waals surface area contributed by atoms with Crippen molar-refractivity contribution in [3.8, 4) is 0 Å². The van der Waals surface area contributed by atoms with E-state index in [4.69, 9.17) is 37.0 Å². The number of ether oxygens (including phenoxy) is 4. The van der Waals surface area contributed by atoms with Crippen LogP contribution in [-0.2, 0) is 65.4 Å². The number of aliphatic hydroxyl groups is 1. The van der Waals surface area contributed by atoms with Crippen LogP contribution in [0.1, 0.15) is 421 Å². The van der Waals surface area contributed by atoms with Crippen LogP contribution in [0.2, 0.25) is 0 Å². The van der Waals surface area contributed by atoms with Gasteiger partial charge in [-0.15, -0.1) is 0 Å². The van der Waals surface area contributed by atoms with Crippen LogP contribution in [0.15, 0.2) is 0 Å². The van der Waals surface area contributed by atoms with Crippen molar-refractivity contribution in [2.45, 2.75) is 440 Å². The van der Waals surface area contributed by atoms with E-state index in [9.17, 15) is 43.2 Å². The molecule has 0 bridgehead atoms. The minimum absolute atomic E-state index is 0.106. The Balaban J connectivity index is 5.26. The summed E-state index contributed by atoms with van der Waals surface area (Å²) in [6.45, 7) is 14.3. The number of aliphatic hydroxyl groups excluding tert-OH is 1.